The quantitative estimate of drug-likeness (QED) is 0.866. The fourth-order valence-electron chi connectivity index (χ4n) is 3.55. The van der Waals surface area contributed by atoms with Crippen LogP contribution in [0.15, 0.2) is 18.2 Å². The van der Waals surface area contributed by atoms with Crippen molar-refractivity contribution >= 4 is 27.6 Å². The van der Waals surface area contributed by atoms with Crippen LogP contribution < -0.4 is 4.74 Å². The van der Waals surface area contributed by atoms with E-state index in [2.05, 4.69) is 4.98 Å². The first-order valence-electron chi connectivity index (χ1n) is 7.86. The lowest BCUT2D eigenvalue weighted by Gasteiger charge is -2.40. The molecule has 6 nitrogen and oxygen atoms in total. The molecule has 1 aromatic carbocycles. The van der Waals surface area contributed by atoms with Crippen molar-refractivity contribution in [1.29, 1.82) is 0 Å². The molecule has 7 heteroatoms. The first-order valence-corrected chi connectivity index (χ1v) is 8.67. The number of carboxylic acid groups (broad SMARTS) is 1. The summed E-state index contributed by atoms with van der Waals surface area (Å²) in [6, 6.07) is 5.48. The molecule has 0 aliphatic carbocycles. The number of hydrogen-bond donors (Lipinski definition) is 2. The number of likely N-dealkylation sites (tertiary alicyclic amines) is 1. The summed E-state index contributed by atoms with van der Waals surface area (Å²) in [5, 5.41) is 21.5. The Labute approximate surface area is 144 Å². The van der Waals surface area contributed by atoms with Gasteiger partial charge in [-0.05, 0) is 30.0 Å². The number of carbonyl (C=O) groups is 1. The van der Waals surface area contributed by atoms with Crippen molar-refractivity contribution < 1.29 is 19.7 Å². The molecular weight excluding hydrogens is 328 g/mol. The summed E-state index contributed by atoms with van der Waals surface area (Å²) >= 11 is 1.32. The second-order valence-electron chi connectivity index (χ2n) is 7.22. The molecule has 0 spiro atoms. The number of methoxy groups -OCH3 is 1. The largest absolute Gasteiger partial charge is 0.497 e. The number of aromatic nitrogens is 1. The number of ether oxygens (including phenoxy) is 1. The first kappa shape index (κ1) is 17.0. The average Bonchev–Trinajstić information content (AvgIpc) is 3.07. The fraction of sp³-hybridized carbons (Fsp3) is 0.529. The predicted octanol–water partition coefficient (Wildman–Crippen LogP) is 3.50. The molecule has 0 radical (unpaired) electrons. The zero-order valence-electron chi connectivity index (χ0n) is 14.2. The standard InChI is InChI=1S/C17H22N2O4S/c1-16(2,3)13-7-8-19(15(20)21)17(13,22)14-18-11-6-5-10(23-4)9-12(11)24-14/h5-6,9,13,22H,7-8H2,1-4H3,(H,20,21)/t13?,17-/m0/s1. The van der Waals surface area contributed by atoms with E-state index in [1.807, 2.05) is 32.9 Å². The molecule has 2 aromatic rings. The van der Waals surface area contributed by atoms with Crippen LogP contribution in [-0.4, -0.2) is 39.8 Å². The van der Waals surface area contributed by atoms with Gasteiger partial charge < -0.3 is 14.9 Å². The lowest BCUT2D eigenvalue weighted by atomic mass is 9.74. The molecule has 130 valence electrons. The predicted molar refractivity (Wildman–Crippen MR) is 92.4 cm³/mol. The summed E-state index contributed by atoms with van der Waals surface area (Å²) in [5.41, 5.74) is -1.13. The van der Waals surface area contributed by atoms with Crippen molar-refractivity contribution in [1.82, 2.24) is 9.88 Å². The van der Waals surface area contributed by atoms with Gasteiger partial charge in [0.05, 0.1) is 17.3 Å². The first-order chi connectivity index (χ1) is 11.2. The third kappa shape index (κ3) is 2.52. The Hall–Kier alpha value is -1.86. The van der Waals surface area contributed by atoms with Crippen LogP contribution in [0.3, 0.4) is 0 Å². The molecule has 1 aliphatic heterocycles. The van der Waals surface area contributed by atoms with E-state index in [4.69, 9.17) is 4.74 Å². The number of rotatable bonds is 2. The number of amides is 1. The minimum Gasteiger partial charge on any atom is -0.497 e. The normalized spacial score (nSPS) is 24.5. The number of fused-ring (bicyclic) bond motifs is 1. The highest BCUT2D eigenvalue weighted by Gasteiger charge is 2.57. The maximum absolute atomic E-state index is 11.7. The molecule has 1 fully saturated rings. The van der Waals surface area contributed by atoms with Gasteiger partial charge in [-0.25, -0.2) is 9.78 Å². The molecule has 1 unspecified atom stereocenters. The van der Waals surface area contributed by atoms with Crippen molar-refractivity contribution in [2.45, 2.75) is 32.9 Å². The average molecular weight is 350 g/mol. The molecule has 1 saturated heterocycles. The van der Waals surface area contributed by atoms with Gasteiger partial charge >= 0.3 is 6.09 Å². The summed E-state index contributed by atoms with van der Waals surface area (Å²) in [6.07, 6.45) is -0.521. The third-order valence-corrected chi connectivity index (χ3v) is 5.86. The molecule has 24 heavy (non-hydrogen) atoms. The van der Waals surface area contributed by atoms with Crippen LogP contribution in [-0.2, 0) is 5.72 Å². The Morgan fingerprint density at radius 1 is 1.46 bits per heavy atom. The summed E-state index contributed by atoms with van der Waals surface area (Å²) in [5.74, 6) is 0.474. The zero-order valence-corrected chi connectivity index (χ0v) is 15.1. The smallest absolute Gasteiger partial charge is 0.409 e. The summed E-state index contributed by atoms with van der Waals surface area (Å²) < 4.78 is 6.09. The van der Waals surface area contributed by atoms with Crippen LogP contribution in [0.5, 0.6) is 5.75 Å². The van der Waals surface area contributed by atoms with Crippen LogP contribution in [0.1, 0.15) is 32.2 Å². The molecule has 1 aromatic heterocycles. The maximum atomic E-state index is 11.7. The molecule has 0 bridgehead atoms. The van der Waals surface area contributed by atoms with Gasteiger partial charge in [-0.1, -0.05) is 20.8 Å². The molecule has 0 saturated carbocycles. The zero-order chi connectivity index (χ0) is 17.7. The lowest BCUT2D eigenvalue weighted by molar-refractivity contribution is -0.129. The van der Waals surface area contributed by atoms with Gasteiger partial charge in [-0.2, -0.15) is 0 Å². The van der Waals surface area contributed by atoms with Gasteiger partial charge in [0.25, 0.3) is 0 Å². The second kappa shape index (κ2) is 5.60. The number of benzene rings is 1. The van der Waals surface area contributed by atoms with Crippen LogP contribution in [0.4, 0.5) is 4.79 Å². The van der Waals surface area contributed by atoms with Crippen molar-refractivity contribution in [3.8, 4) is 5.75 Å². The molecule has 2 heterocycles. The Balaban J connectivity index is 2.16. The van der Waals surface area contributed by atoms with E-state index >= 15 is 0 Å². The summed E-state index contributed by atoms with van der Waals surface area (Å²) in [7, 11) is 1.59. The van der Waals surface area contributed by atoms with E-state index in [-0.39, 0.29) is 11.3 Å². The van der Waals surface area contributed by atoms with Crippen LogP contribution in [0.2, 0.25) is 0 Å². The van der Waals surface area contributed by atoms with Crippen LogP contribution in [0, 0.1) is 11.3 Å². The minimum atomic E-state index is -1.61. The second-order valence-corrected chi connectivity index (χ2v) is 8.25. The van der Waals surface area contributed by atoms with Gasteiger partial charge in [-0.15, -0.1) is 11.3 Å². The van der Waals surface area contributed by atoms with Gasteiger partial charge in [-0.3, -0.25) is 4.90 Å². The minimum absolute atomic E-state index is 0.233. The lowest BCUT2D eigenvalue weighted by Crippen LogP contribution is -2.50. The van der Waals surface area contributed by atoms with E-state index < -0.39 is 11.8 Å². The summed E-state index contributed by atoms with van der Waals surface area (Å²) in [6.45, 7) is 6.35. The number of nitrogens with zero attached hydrogens (tertiary/aromatic N) is 2. The monoisotopic (exact) mass is 350 g/mol. The molecule has 3 rings (SSSR count). The maximum Gasteiger partial charge on any atom is 0.409 e. The van der Waals surface area contributed by atoms with Crippen molar-refractivity contribution in [2.24, 2.45) is 11.3 Å². The van der Waals surface area contributed by atoms with E-state index in [1.54, 1.807) is 13.2 Å². The number of aliphatic hydroxyl groups is 1. The van der Waals surface area contributed by atoms with Gasteiger partial charge in [0.1, 0.15) is 10.8 Å². The Kier molecular flexibility index (Phi) is 3.96. The van der Waals surface area contributed by atoms with Gasteiger partial charge in [0, 0.05) is 12.5 Å². The molecule has 1 aliphatic rings. The van der Waals surface area contributed by atoms with Crippen LogP contribution >= 0.6 is 11.3 Å². The number of hydrogen-bond acceptors (Lipinski definition) is 5. The molecule has 2 atom stereocenters. The van der Waals surface area contributed by atoms with E-state index in [1.165, 1.54) is 11.3 Å². The van der Waals surface area contributed by atoms with Crippen molar-refractivity contribution in [3.63, 3.8) is 0 Å². The third-order valence-electron chi connectivity index (χ3n) is 4.73. The highest BCUT2D eigenvalue weighted by Crippen LogP contribution is 2.51. The topological polar surface area (TPSA) is 82.9 Å². The van der Waals surface area contributed by atoms with Crippen molar-refractivity contribution in [2.75, 3.05) is 13.7 Å². The molecule has 1 amide bonds. The Morgan fingerprint density at radius 2 is 2.17 bits per heavy atom. The van der Waals surface area contributed by atoms with E-state index in [9.17, 15) is 15.0 Å². The highest BCUT2D eigenvalue weighted by molar-refractivity contribution is 7.18. The van der Waals surface area contributed by atoms with Gasteiger partial charge in [0.15, 0.2) is 5.72 Å². The Bertz CT molecular complexity index is 782. The molecule has 2 N–H and O–H groups in total. The summed E-state index contributed by atoms with van der Waals surface area (Å²) in [4.78, 5) is 17.4. The van der Waals surface area contributed by atoms with Crippen molar-refractivity contribution in [3.05, 3.63) is 23.2 Å². The highest BCUT2D eigenvalue weighted by atomic mass is 32.1. The van der Waals surface area contributed by atoms with Gasteiger partial charge in [0.2, 0.25) is 0 Å². The van der Waals surface area contributed by atoms with Crippen LogP contribution in [0.25, 0.3) is 10.2 Å². The van der Waals surface area contributed by atoms with E-state index in [0.717, 1.165) is 15.1 Å². The SMILES string of the molecule is COc1ccc2nc([C@@]3(O)C(C(C)(C)C)CCN3C(=O)O)sc2c1. The van der Waals surface area contributed by atoms with E-state index in [0.29, 0.717) is 23.7 Å². The number of thiazole rings is 1. The molecular formula is C17H22N2O4S. The fourth-order valence-corrected chi connectivity index (χ4v) is 4.70. The Morgan fingerprint density at radius 3 is 2.75 bits per heavy atom.